The standard InChI is InChI=1S/C17H22N2O4/c1-13(14-8-5-10-22-14)19-12-17(20)18-9-11-23-16-7-4-3-6-15(16)21-2/h3-8,10,13,19H,9,11-12H2,1-2H3,(H,18,20)/p+1/t13-/m0/s1. The molecule has 0 saturated carbocycles. The first-order valence-corrected chi connectivity index (χ1v) is 7.60. The molecule has 0 fully saturated rings. The summed E-state index contributed by atoms with van der Waals surface area (Å²) >= 11 is 0. The average molecular weight is 319 g/mol. The van der Waals surface area contributed by atoms with Gasteiger partial charge >= 0.3 is 0 Å². The first-order chi connectivity index (χ1) is 11.2. The van der Waals surface area contributed by atoms with Crippen LogP contribution in [0, 0.1) is 0 Å². The van der Waals surface area contributed by atoms with Gasteiger partial charge in [0.15, 0.2) is 23.8 Å². The average Bonchev–Trinajstić information content (AvgIpc) is 3.11. The second kappa shape index (κ2) is 8.85. The molecule has 23 heavy (non-hydrogen) atoms. The number of quaternary nitrogens is 1. The van der Waals surface area contributed by atoms with Crippen LogP contribution in [0.4, 0.5) is 0 Å². The number of benzene rings is 1. The summed E-state index contributed by atoms with van der Waals surface area (Å²) in [5.41, 5.74) is 0. The van der Waals surface area contributed by atoms with Gasteiger partial charge in [0.2, 0.25) is 0 Å². The number of hydrogen-bond donors (Lipinski definition) is 2. The fraction of sp³-hybridized carbons (Fsp3) is 0.353. The summed E-state index contributed by atoms with van der Waals surface area (Å²) in [7, 11) is 1.60. The predicted octanol–water partition coefficient (Wildman–Crippen LogP) is 1.11. The summed E-state index contributed by atoms with van der Waals surface area (Å²) in [6, 6.07) is 11.3. The minimum Gasteiger partial charge on any atom is -0.493 e. The molecule has 1 atom stereocenters. The monoisotopic (exact) mass is 319 g/mol. The van der Waals surface area contributed by atoms with Crippen LogP contribution in [0.3, 0.4) is 0 Å². The Morgan fingerprint density at radius 1 is 1.26 bits per heavy atom. The van der Waals surface area contributed by atoms with Crippen LogP contribution in [0.1, 0.15) is 18.7 Å². The highest BCUT2D eigenvalue weighted by atomic mass is 16.5. The zero-order valence-corrected chi connectivity index (χ0v) is 13.5. The van der Waals surface area contributed by atoms with Crippen molar-refractivity contribution >= 4 is 5.91 Å². The summed E-state index contributed by atoms with van der Waals surface area (Å²) in [6.07, 6.45) is 1.63. The van der Waals surface area contributed by atoms with Gasteiger partial charge in [0, 0.05) is 0 Å². The molecule has 0 radical (unpaired) electrons. The maximum absolute atomic E-state index is 11.8. The van der Waals surface area contributed by atoms with Crippen LogP contribution in [-0.2, 0) is 4.79 Å². The highest BCUT2D eigenvalue weighted by Crippen LogP contribution is 2.25. The third kappa shape index (κ3) is 5.34. The number of hydrogen-bond acceptors (Lipinski definition) is 4. The summed E-state index contributed by atoms with van der Waals surface area (Å²) in [4.78, 5) is 11.8. The van der Waals surface area contributed by atoms with E-state index in [0.717, 1.165) is 5.76 Å². The van der Waals surface area contributed by atoms with E-state index < -0.39 is 0 Å². The minimum atomic E-state index is -0.0352. The number of nitrogens with one attached hydrogen (secondary N) is 1. The Hall–Kier alpha value is -2.47. The molecule has 1 aromatic heterocycles. The van der Waals surface area contributed by atoms with Crippen LogP contribution in [0.5, 0.6) is 11.5 Å². The minimum absolute atomic E-state index is 0.0352. The Morgan fingerprint density at radius 3 is 2.74 bits per heavy atom. The fourth-order valence-electron chi connectivity index (χ4n) is 2.11. The SMILES string of the molecule is COc1ccccc1OCCNC(=O)C[NH2+][C@@H](C)c1ccco1. The van der Waals surface area contributed by atoms with Gasteiger partial charge in [-0.3, -0.25) is 4.79 Å². The lowest BCUT2D eigenvalue weighted by Gasteiger charge is -2.11. The first kappa shape index (κ1) is 16.9. The number of carbonyl (C=O) groups excluding carboxylic acids is 1. The van der Waals surface area contributed by atoms with Crippen molar-refractivity contribution in [2.24, 2.45) is 0 Å². The molecule has 124 valence electrons. The topological polar surface area (TPSA) is 77.3 Å². The summed E-state index contributed by atoms with van der Waals surface area (Å²) < 4.78 is 16.1. The van der Waals surface area contributed by atoms with Crippen LogP contribution >= 0.6 is 0 Å². The van der Waals surface area contributed by atoms with Gasteiger partial charge in [-0.25, -0.2) is 0 Å². The molecular formula is C17H23N2O4+. The van der Waals surface area contributed by atoms with Crippen LogP contribution in [0.15, 0.2) is 47.1 Å². The Bertz CT molecular complexity index is 598. The van der Waals surface area contributed by atoms with Crippen molar-refractivity contribution in [2.75, 3.05) is 26.8 Å². The maximum Gasteiger partial charge on any atom is 0.275 e. The van der Waals surface area contributed by atoms with Gasteiger partial charge in [0.25, 0.3) is 5.91 Å². The molecule has 0 saturated heterocycles. The highest BCUT2D eigenvalue weighted by molar-refractivity contribution is 5.76. The van der Waals surface area contributed by atoms with Gasteiger partial charge in [0.05, 0.1) is 19.9 Å². The number of para-hydroxylation sites is 2. The third-order valence-electron chi connectivity index (χ3n) is 3.40. The van der Waals surface area contributed by atoms with Crippen molar-refractivity contribution in [1.29, 1.82) is 0 Å². The molecule has 3 N–H and O–H groups in total. The normalized spacial score (nSPS) is 11.7. The van der Waals surface area contributed by atoms with Crippen molar-refractivity contribution in [2.45, 2.75) is 13.0 Å². The van der Waals surface area contributed by atoms with E-state index in [2.05, 4.69) is 5.32 Å². The molecule has 0 aliphatic rings. The molecule has 2 aromatic rings. The quantitative estimate of drug-likeness (QED) is 0.679. The van der Waals surface area contributed by atoms with Crippen molar-refractivity contribution in [3.05, 3.63) is 48.4 Å². The predicted molar refractivity (Wildman–Crippen MR) is 85.4 cm³/mol. The van der Waals surface area contributed by atoms with Gasteiger partial charge in [-0.1, -0.05) is 12.1 Å². The number of nitrogens with two attached hydrogens (primary N) is 1. The molecule has 2 rings (SSSR count). The molecule has 1 amide bonds. The van der Waals surface area contributed by atoms with E-state index in [0.29, 0.717) is 31.2 Å². The molecule has 1 heterocycles. The molecule has 0 bridgehead atoms. The van der Waals surface area contributed by atoms with Crippen molar-refractivity contribution in [3.8, 4) is 11.5 Å². The second-order valence-electron chi connectivity index (χ2n) is 5.09. The van der Waals surface area contributed by atoms with E-state index in [-0.39, 0.29) is 11.9 Å². The molecular weight excluding hydrogens is 296 g/mol. The van der Waals surface area contributed by atoms with E-state index in [1.165, 1.54) is 0 Å². The number of rotatable bonds is 9. The molecule has 6 nitrogen and oxygen atoms in total. The van der Waals surface area contributed by atoms with Gasteiger partial charge in [-0.15, -0.1) is 0 Å². The van der Waals surface area contributed by atoms with E-state index in [1.807, 2.05) is 48.6 Å². The van der Waals surface area contributed by atoms with Gasteiger partial charge in [0.1, 0.15) is 12.6 Å². The lowest BCUT2D eigenvalue weighted by atomic mass is 10.2. The van der Waals surface area contributed by atoms with Crippen molar-refractivity contribution in [1.82, 2.24) is 5.32 Å². The zero-order chi connectivity index (χ0) is 16.5. The molecule has 6 heteroatoms. The Morgan fingerprint density at radius 2 is 2.04 bits per heavy atom. The van der Waals surface area contributed by atoms with E-state index >= 15 is 0 Å². The third-order valence-corrected chi connectivity index (χ3v) is 3.40. The number of ether oxygens (including phenoxy) is 2. The van der Waals surface area contributed by atoms with E-state index in [4.69, 9.17) is 13.9 Å². The van der Waals surface area contributed by atoms with Crippen LogP contribution < -0.4 is 20.1 Å². The van der Waals surface area contributed by atoms with Gasteiger partial charge in [-0.2, -0.15) is 0 Å². The number of furan rings is 1. The second-order valence-corrected chi connectivity index (χ2v) is 5.09. The van der Waals surface area contributed by atoms with E-state index in [9.17, 15) is 4.79 Å². The smallest absolute Gasteiger partial charge is 0.275 e. The Balaban J connectivity index is 1.63. The number of carbonyl (C=O) groups is 1. The maximum atomic E-state index is 11.8. The summed E-state index contributed by atoms with van der Waals surface area (Å²) in [5, 5.41) is 4.75. The largest absolute Gasteiger partial charge is 0.493 e. The van der Waals surface area contributed by atoms with Crippen LogP contribution in [-0.4, -0.2) is 32.7 Å². The van der Waals surface area contributed by atoms with Gasteiger partial charge < -0.3 is 24.5 Å². The van der Waals surface area contributed by atoms with Crippen LogP contribution in [0.2, 0.25) is 0 Å². The zero-order valence-electron chi connectivity index (χ0n) is 13.5. The Labute approximate surface area is 135 Å². The lowest BCUT2D eigenvalue weighted by molar-refractivity contribution is -0.684. The fourth-order valence-corrected chi connectivity index (χ4v) is 2.11. The molecule has 0 aliphatic heterocycles. The van der Waals surface area contributed by atoms with Gasteiger partial charge in [-0.05, 0) is 31.2 Å². The number of methoxy groups -OCH3 is 1. The summed E-state index contributed by atoms with van der Waals surface area (Å²) in [6.45, 7) is 3.17. The molecule has 0 aliphatic carbocycles. The molecule has 1 aromatic carbocycles. The van der Waals surface area contributed by atoms with E-state index in [1.54, 1.807) is 13.4 Å². The van der Waals surface area contributed by atoms with Crippen molar-refractivity contribution < 1.29 is 24.0 Å². The van der Waals surface area contributed by atoms with Crippen molar-refractivity contribution in [3.63, 3.8) is 0 Å². The summed E-state index contributed by atoms with van der Waals surface area (Å²) in [5.74, 6) is 2.17. The van der Waals surface area contributed by atoms with Crippen LogP contribution in [0.25, 0.3) is 0 Å². The molecule has 0 spiro atoms. The number of amides is 1. The first-order valence-electron chi connectivity index (χ1n) is 7.60. The lowest BCUT2D eigenvalue weighted by Crippen LogP contribution is -2.87. The highest BCUT2D eigenvalue weighted by Gasteiger charge is 2.13. The Kier molecular flexibility index (Phi) is 6.50. The molecule has 0 unspecified atom stereocenters.